The Morgan fingerprint density at radius 1 is 1.24 bits per heavy atom. The molecule has 2 aromatic rings. The van der Waals surface area contributed by atoms with Gasteiger partial charge in [-0.15, -0.1) is 0 Å². The molecule has 0 bridgehead atoms. The smallest absolute Gasteiger partial charge is 0.234 e. The Bertz CT molecular complexity index is 729. The highest BCUT2D eigenvalue weighted by atomic mass is 16.3. The van der Waals surface area contributed by atoms with Gasteiger partial charge in [-0.25, -0.2) is 0 Å². The zero-order valence-corrected chi connectivity index (χ0v) is 15.1. The van der Waals surface area contributed by atoms with E-state index in [9.17, 15) is 9.90 Å². The van der Waals surface area contributed by atoms with E-state index in [1.54, 1.807) is 0 Å². The van der Waals surface area contributed by atoms with Crippen LogP contribution < -0.4 is 5.32 Å². The fourth-order valence-corrected chi connectivity index (χ4v) is 3.68. The van der Waals surface area contributed by atoms with Crippen LogP contribution in [-0.2, 0) is 4.79 Å². The minimum atomic E-state index is -0.303. The van der Waals surface area contributed by atoms with Crippen LogP contribution in [0.5, 0.6) is 0 Å². The standard InChI is InChI=1S/C21H28N2O2/c1-15(18-10-9-17-6-3-4-7-19(17)12-18)22-21(25)14-23-11-5-8-20(13-23)16(2)24/h3-4,6-7,9-10,12,15-16,20,24H,5,8,11,13-14H2,1-2H3,(H,22,25). The summed E-state index contributed by atoms with van der Waals surface area (Å²) in [5.74, 6) is 0.325. The van der Waals surface area contributed by atoms with Gasteiger partial charge in [-0.3, -0.25) is 9.69 Å². The molecule has 2 aromatic carbocycles. The fraction of sp³-hybridized carbons (Fsp3) is 0.476. The summed E-state index contributed by atoms with van der Waals surface area (Å²) in [5, 5.41) is 15.3. The number of likely N-dealkylation sites (tertiary alicyclic amines) is 1. The first-order chi connectivity index (χ1) is 12.0. The van der Waals surface area contributed by atoms with E-state index in [1.165, 1.54) is 10.8 Å². The van der Waals surface area contributed by atoms with Gasteiger partial charge in [0, 0.05) is 6.54 Å². The molecule has 3 unspecified atom stereocenters. The van der Waals surface area contributed by atoms with Gasteiger partial charge in [-0.2, -0.15) is 0 Å². The summed E-state index contributed by atoms with van der Waals surface area (Å²) in [6, 6.07) is 14.6. The summed E-state index contributed by atoms with van der Waals surface area (Å²) in [5.41, 5.74) is 1.12. The number of hydrogen-bond acceptors (Lipinski definition) is 3. The van der Waals surface area contributed by atoms with Gasteiger partial charge in [0.25, 0.3) is 0 Å². The largest absolute Gasteiger partial charge is 0.393 e. The van der Waals surface area contributed by atoms with Crippen LogP contribution in [0.1, 0.15) is 38.3 Å². The quantitative estimate of drug-likeness (QED) is 0.879. The Labute approximate surface area is 149 Å². The lowest BCUT2D eigenvalue weighted by molar-refractivity contribution is -0.123. The van der Waals surface area contributed by atoms with Crippen molar-refractivity contribution in [2.45, 2.75) is 38.8 Å². The van der Waals surface area contributed by atoms with E-state index in [0.29, 0.717) is 6.54 Å². The van der Waals surface area contributed by atoms with Gasteiger partial charge in [0.05, 0.1) is 18.7 Å². The average molecular weight is 340 g/mol. The molecule has 4 nitrogen and oxygen atoms in total. The first-order valence-electron chi connectivity index (χ1n) is 9.21. The highest BCUT2D eigenvalue weighted by Crippen LogP contribution is 2.21. The number of fused-ring (bicyclic) bond motifs is 1. The van der Waals surface area contributed by atoms with Gasteiger partial charge in [0.1, 0.15) is 0 Å². The SMILES string of the molecule is CC(NC(=O)CN1CCCC(C(C)O)C1)c1ccc2ccccc2c1. The van der Waals surface area contributed by atoms with Gasteiger partial charge in [-0.1, -0.05) is 36.4 Å². The van der Waals surface area contributed by atoms with Gasteiger partial charge in [0.2, 0.25) is 5.91 Å². The lowest BCUT2D eigenvalue weighted by Gasteiger charge is -2.33. The predicted octanol–water partition coefficient (Wildman–Crippen LogP) is 3.11. The van der Waals surface area contributed by atoms with Crippen molar-refractivity contribution in [3.05, 3.63) is 48.0 Å². The van der Waals surface area contributed by atoms with Crippen molar-refractivity contribution in [1.29, 1.82) is 0 Å². The van der Waals surface area contributed by atoms with Crippen LogP contribution in [0.25, 0.3) is 10.8 Å². The number of nitrogens with zero attached hydrogens (tertiary/aromatic N) is 1. The molecule has 1 fully saturated rings. The first-order valence-corrected chi connectivity index (χ1v) is 9.21. The number of benzene rings is 2. The fourth-order valence-electron chi connectivity index (χ4n) is 3.68. The zero-order valence-electron chi connectivity index (χ0n) is 15.1. The third kappa shape index (κ3) is 4.59. The number of piperidine rings is 1. The molecule has 3 rings (SSSR count). The molecule has 1 heterocycles. The van der Waals surface area contributed by atoms with Crippen molar-refractivity contribution >= 4 is 16.7 Å². The molecule has 1 aliphatic rings. The van der Waals surface area contributed by atoms with E-state index >= 15 is 0 Å². The Kier molecular flexibility index (Phi) is 5.71. The summed E-state index contributed by atoms with van der Waals surface area (Å²) in [6.07, 6.45) is 1.79. The monoisotopic (exact) mass is 340 g/mol. The van der Waals surface area contributed by atoms with E-state index < -0.39 is 0 Å². The van der Waals surface area contributed by atoms with Crippen LogP contribution in [0.4, 0.5) is 0 Å². The lowest BCUT2D eigenvalue weighted by atomic mass is 9.93. The summed E-state index contributed by atoms with van der Waals surface area (Å²) >= 11 is 0. The van der Waals surface area contributed by atoms with Crippen molar-refractivity contribution in [3.63, 3.8) is 0 Å². The van der Waals surface area contributed by atoms with Crippen molar-refractivity contribution in [3.8, 4) is 0 Å². The highest BCUT2D eigenvalue weighted by molar-refractivity contribution is 5.83. The topological polar surface area (TPSA) is 52.6 Å². The molecule has 0 radical (unpaired) electrons. The van der Waals surface area contributed by atoms with E-state index in [0.717, 1.165) is 31.5 Å². The van der Waals surface area contributed by atoms with Crippen LogP contribution in [0.2, 0.25) is 0 Å². The molecule has 0 aliphatic carbocycles. The molecule has 25 heavy (non-hydrogen) atoms. The van der Waals surface area contributed by atoms with Gasteiger partial charge in [0.15, 0.2) is 0 Å². The minimum Gasteiger partial charge on any atom is -0.393 e. The molecular weight excluding hydrogens is 312 g/mol. The van der Waals surface area contributed by atoms with Crippen LogP contribution >= 0.6 is 0 Å². The number of aliphatic hydroxyl groups is 1. The van der Waals surface area contributed by atoms with Crippen molar-refractivity contribution in [1.82, 2.24) is 10.2 Å². The molecule has 1 amide bonds. The number of aliphatic hydroxyl groups excluding tert-OH is 1. The predicted molar refractivity (Wildman–Crippen MR) is 101 cm³/mol. The van der Waals surface area contributed by atoms with Crippen LogP contribution in [-0.4, -0.2) is 41.7 Å². The third-order valence-electron chi connectivity index (χ3n) is 5.24. The summed E-state index contributed by atoms with van der Waals surface area (Å²) in [6.45, 7) is 6.00. The molecule has 1 aliphatic heterocycles. The average Bonchev–Trinajstić information content (AvgIpc) is 2.61. The van der Waals surface area contributed by atoms with E-state index in [1.807, 2.05) is 26.0 Å². The lowest BCUT2D eigenvalue weighted by Crippen LogP contribution is -2.45. The Morgan fingerprint density at radius 3 is 2.76 bits per heavy atom. The van der Waals surface area contributed by atoms with Crippen LogP contribution in [0.15, 0.2) is 42.5 Å². The Morgan fingerprint density at radius 2 is 2.00 bits per heavy atom. The van der Waals surface area contributed by atoms with Gasteiger partial charge < -0.3 is 10.4 Å². The Hall–Kier alpha value is -1.91. The number of nitrogens with one attached hydrogen (secondary N) is 1. The van der Waals surface area contributed by atoms with Crippen molar-refractivity contribution in [2.24, 2.45) is 5.92 Å². The molecule has 3 atom stereocenters. The molecule has 2 N–H and O–H groups in total. The Balaban J connectivity index is 1.58. The van der Waals surface area contributed by atoms with Crippen molar-refractivity contribution in [2.75, 3.05) is 19.6 Å². The number of hydrogen-bond donors (Lipinski definition) is 2. The molecule has 1 saturated heterocycles. The molecule has 0 spiro atoms. The number of rotatable bonds is 5. The molecule has 0 aromatic heterocycles. The van der Waals surface area contributed by atoms with Gasteiger partial charge >= 0.3 is 0 Å². The van der Waals surface area contributed by atoms with E-state index in [4.69, 9.17) is 0 Å². The number of amides is 1. The maximum atomic E-state index is 12.4. The first kappa shape index (κ1) is 17.9. The second-order valence-corrected chi connectivity index (χ2v) is 7.27. The second-order valence-electron chi connectivity index (χ2n) is 7.27. The summed E-state index contributed by atoms with van der Waals surface area (Å²) in [7, 11) is 0. The molecule has 0 saturated carbocycles. The normalized spacial score (nSPS) is 21.0. The molecule has 134 valence electrons. The summed E-state index contributed by atoms with van der Waals surface area (Å²) < 4.78 is 0. The molecule has 4 heteroatoms. The maximum Gasteiger partial charge on any atom is 0.234 e. The number of carbonyl (C=O) groups is 1. The van der Waals surface area contributed by atoms with E-state index in [-0.39, 0.29) is 24.0 Å². The van der Waals surface area contributed by atoms with Crippen LogP contribution in [0.3, 0.4) is 0 Å². The molecular formula is C21H28N2O2. The maximum absolute atomic E-state index is 12.4. The minimum absolute atomic E-state index is 0.0190. The second kappa shape index (κ2) is 7.98. The third-order valence-corrected chi connectivity index (χ3v) is 5.24. The van der Waals surface area contributed by atoms with Crippen LogP contribution in [0, 0.1) is 5.92 Å². The zero-order chi connectivity index (χ0) is 17.8. The number of carbonyl (C=O) groups excluding carboxylic acids is 1. The van der Waals surface area contributed by atoms with E-state index in [2.05, 4.69) is 40.5 Å². The highest BCUT2D eigenvalue weighted by Gasteiger charge is 2.25. The van der Waals surface area contributed by atoms with Gasteiger partial charge in [-0.05, 0) is 61.6 Å². The summed E-state index contributed by atoms with van der Waals surface area (Å²) in [4.78, 5) is 14.6. The van der Waals surface area contributed by atoms with Crippen molar-refractivity contribution < 1.29 is 9.90 Å².